The highest BCUT2D eigenvalue weighted by atomic mass is 32.1. The third-order valence-corrected chi connectivity index (χ3v) is 6.91. The summed E-state index contributed by atoms with van der Waals surface area (Å²) in [7, 11) is 1.63. The van der Waals surface area contributed by atoms with Crippen LogP contribution in [0.25, 0.3) is 16.9 Å². The smallest absolute Gasteiger partial charge is 0.264 e. The molecule has 4 rings (SSSR count). The van der Waals surface area contributed by atoms with Crippen molar-refractivity contribution in [3.8, 4) is 22.7 Å². The summed E-state index contributed by atoms with van der Waals surface area (Å²) < 4.78 is 7.15. The Hall–Kier alpha value is -3.91. The molecule has 2 amide bonds. The number of aryl methyl sites for hydroxylation is 2. The molecule has 2 aromatic carbocycles. The molecule has 192 valence electrons. The lowest BCUT2D eigenvalue weighted by molar-refractivity contribution is -0.117. The van der Waals surface area contributed by atoms with Crippen LogP contribution in [0, 0.1) is 19.8 Å². The number of nitrogens with one attached hydrogen (secondary N) is 1. The first-order valence-electron chi connectivity index (χ1n) is 12.2. The second-order valence-electron chi connectivity index (χ2n) is 9.42. The van der Waals surface area contributed by atoms with Gasteiger partial charge in [0.05, 0.1) is 17.7 Å². The third kappa shape index (κ3) is 6.27. The Morgan fingerprint density at radius 1 is 1.08 bits per heavy atom. The highest BCUT2D eigenvalue weighted by Crippen LogP contribution is 2.27. The van der Waals surface area contributed by atoms with Crippen molar-refractivity contribution in [1.29, 1.82) is 0 Å². The predicted octanol–water partition coefficient (Wildman–Crippen LogP) is 5.96. The summed E-state index contributed by atoms with van der Waals surface area (Å²) in [5.74, 6) is 0.923. The summed E-state index contributed by atoms with van der Waals surface area (Å²) >= 11 is 1.37. The van der Waals surface area contributed by atoms with E-state index in [1.807, 2.05) is 72.5 Å². The van der Waals surface area contributed by atoms with E-state index in [4.69, 9.17) is 9.72 Å². The molecular formula is C29H32N4O3S. The number of imidazole rings is 1. The molecule has 0 spiro atoms. The van der Waals surface area contributed by atoms with Crippen LogP contribution in [0.15, 0.2) is 66.2 Å². The van der Waals surface area contributed by atoms with Crippen molar-refractivity contribution in [2.75, 3.05) is 25.5 Å². The minimum absolute atomic E-state index is 0.0629. The van der Waals surface area contributed by atoms with E-state index in [0.717, 1.165) is 22.6 Å². The maximum absolute atomic E-state index is 13.2. The number of hydrogen-bond donors (Lipinski definition) is 1. The van der Waals surface area contributed by atoms with Crippen molar-refractivity contribution in [3.63, 3.8) is 0 Å². The molecule has 8 heteroatoms. The second-order valence-corrected chi connectivity index (χ2v) is 10.4. The first-order chi connectivity index (χ1) is 17.7. The number of hydrogen-bond acceptors (Lipinski definition) is 5. The summed E-state index contributed by atoms with van der Waals surface area (Å²) in [6.45, 7) is 8.59. The average molecular weight is 517 g/mol. The molecule has 0 saturated carbocycles. The van der Waals surface area contributed by atoms with Crippen molar-refractivity contribution in [2.24, 2.45) is 5.92 Å². The summed E-state index contributed by atoms with van der Waals surface area (Å²) in [4.78, 5) is 33.3. The minimum Gasteiger partial charge on any atom is -0.497 e. The fraction of sp³-hybridized carbons (Fsp3) is 0.276. The maximum atomic E-state index is 13.2. The normalized spacial score (nSPS) is 11.0. The van der Waals surface area contributed by atoms with Crippen molar-refractivity contribution >= 4 is 29.1 Å². The van der Waals surface area contributed by atoms with Crippen LogP contribution in [0.2, 0.25) is 0 Å². The molecule has 2 heterocycles. The Labute approximate surface area is 221 Å². The van der Waals surface area contributed by atoms with Crippen LogP contribution in [-0.4, -0.2) is 46.5 Å². The van der Waals surface area contributed by atoms with E-state index in [1.54, 1.807) is 18.1 Å². The molecule has 37 heavy (non-hydrogen) atoms. The van der Waals surface area contributed by atoms with Gasteiger partial charge >= 0.3 is 0 Å². The van der Waals surface area contributed by atoms with E-state index in [1.165, 1.54) is 16.9 Å². The minimum atomic E-state index is -0.303. The van der Waals surface area contributed by atoms with Crippen LogP contribution in [0.3, 0.4) is 0 Å². The first-order valence-corrected chi connectivity index (χ1v) is 13.1. The van der Waals surface area contributed by atoms with E-state index in [-0.39, 0.29) is 24.3 Å². The summed E-state index contributed by atoms with van der Waals surface area (Å²) in [6, 6.07) is 17.4. The molecule has 0 fully saturated rings. The number of carbonyl (C=O) groups is 2. The monoisotopic (exact) mass is 516 g/mol. The molecule has 0 unspecified atom stereocenters. The number of nitrogens with zero attached hydrogens (tertiary/aromatic N) is 3. The third-order valence-electron chi connectivity index (χ3n) is 6.05. The van der Waals surface area contributed by atoms with Gasteiger partial charge in [0, 0.05) is 24.0 Å². The van der Waals surface area contributed by atoms with E-state index >= 15 is 0 Å². The van der Waals surface area contributed by atoms with Crippen molar-refractivity contribution < 1.29 is 14.3 Å². The Bertz CT molecular complexity index is 1370. The molecule has 0 saturated heterocycles. The van der Waals surface area contributed by atoms with E-state index in [9.17, 15) is 9.59 Å². The van der Waals surface area contributed by atoms with Gasteiger partial charge in [0.1, 0.15) is 12.3 Å². The number of methoxy groups -OCH3 is 1. The Morgan fingerprint density at radius 2 is 1.84 bits per heavy atom. The number of aromatic nitrogens is 2. The van der Waals surface area contributed by atoms with Gasteiger partial charge in [0.25, 0.3) is 5.91 Å². The molecule has 0 aliphatic rings. The van der Waals surface area contributed by atoms with Gasteiger partial charge in [-0.15, -0.1) is 11.3 Å². The van der Waals surface area contributed by atoms with Crippen LogP contribution in [-0.2, 0) is 4.79 Å². The van der Waals surface area contributed by atoms with Gasteiger partial charge in [-0.25, -0.2) is 4.98 Å². The van der Waals surface area contributed by atoms with Crippen LogP contribution >= 0.6 is 11.3 Å². The second kappa shape index (κ2) is 11.4. The number of amides is 2. The average Bonchev–Trinajstić information content (AvgIpc) is 3.55. The van der Waals surface area contributed by atoms with Gasteiger partial charge < -0.3 is 9.64 Å². The lowest BCUT2D eigenvalue weighted by Gasteiger charge is -2.23. The lowest BCUT2D eigenvalue weighted by Crippen LogP contribution is -2.40. The number of thiophene rings is 1. The zero-order chi connectivity index (χ0) is 26.5. The van der Waals surface area contributed by atoms with Crippen molar-refractivity contribution in [1.82, 2.24) is 14.5 Å². The molecule has 0 bridgehead atoms. The lowest BCUT2D eigenvalue weighted by atomic mass is 10.1. The SMILES string of the molecule is COc1ccc(-c2cn(-c3ccc(C)c(C)c3)c(NC(=O)CN(CC(C)C)C(=O)c3cccs3)n2)cc1. The number of ether oxygens (including phenoxy) is 1. The predicted molar refractivity (Wildman–Crippen MR) is 149 cm³/mol. The topological polar surface area (TPSA) is 76.5 Å². The van der Waals surface area contributed by atoms with Gasteiger partial charge in [0.2, 0.25) is 11.9 Å². The Balaban J connectivity index is 1.64. The summed E-state index contributed by atoms with van der Waals surface area (Å²) in [5, 5.41) is 4.82. The van der Waals surface area contributed by atoms with Crippen LogP contribution < -0.4 is 10.1 Å². The maximum Gasteiger partial charge on any atom is 0.264 e. The Morgan fingerprint density at radius 3 is 2.46 bits per heavy atom. The zero-order valence-corrected chi connectivity index (χ0v) is 22.6. The van der Waals surface area contributed by atoms with Crippen molar-refractivity contribution in [3.05, 3.63) is 82.2 Å². The number of anilines is 1. The fourth-order valence-electron chi connectivity index (χ4n) is 4.00. The molecule has 7 nitrogen and oxygen atoms in total. The van der Waals surface area contributed by atoms with Gasteiger partial charge in [-0.3, -0.25) is 19.5 Å². The highest BCUT2D eigenvalue weighted by molar-refractivity contribution is 7.12. The molecule has 0 aliphatic carbocycles. The van der Waals surface area contributed by atoms with Crippen LogP contribution in [0.1, 0.15) is 34.6 Å². The number of benzene rings is 2. The largest absolute Gasteiger partial charge is 0.497 e. The standard InChI is InChI=1S/C29H32N4O3S/c1-19(2)16-32(28(35)26-7-6-14-37-26)18-27(34)31-29-30-25(22-9-12-24(36-5)13-10-22)17-33(29)23-11-8-20(3)21(4)15-23/h6-15,17,19H,16,18H2,1-5H3,(H,30,31,34). The number of carbonyl (C=O) groups excluding carboxylic acids is 2. The van der Waals surface area contributed by atoms with Crippen molar-refractivity contribution in [2.45, 2.75) is 27.7 Å². The van der Waals surface area contributed by atoms with Gasteiger partial charge in [-0.05, 0) is 78.7 Å². The van der Waals surface area contributed by atoms with Gasteiger partial charge in [-0.1, -0.05) is 26.0 Å². The zero-order valence-electron chi connectivity index (χ0n) is 21.8. The Kier molecular flexibility index (Phi) is 8.08. The molecule has 1 N–H and O–H groups in total. The highest BCUT2D eigenvalue weighted by Gasteiger charge is 2.22. The molecule has 0 atom stereocenters. The molecule has 0 radical (unpaired) electrons. The van der Waals surface area contributed by atoms with Gasteiger partial charge in [0.15, 0.2) is 0 Å². The first kappa shape index (κ1) is 26.2. The van der Waals surface area contributed by atoms with E-state index < -0.39 is 0 Å². The molecule has 4 aromatic rings. The van der Waals surface area contributed by atoms with E-state index in [2.05, 4.69) is 25.2 Å². The summed E-state index contributed by atoms with van der Waals surface area (Å²) in [5.41, 5.74) is 4.82. The number of rotatable bonds is 9. The van der Waals surface area contributed by atoms with Crippen LogP contribution in [0.5, 0.6) is 5.75 Å². The van der Waals surface area contributed by atoms with Gasteiger partial charge in [-0.2, -0.15) is 0 Å². The molecule has 2 aromatic heterocycles. The molecular weight excluding hydrogens is 484 g/mol. The summed E-state index contributed by atoms with van der Waals surface area (Å²) in [6.07, 6.45) is 1.91. The van der Waals surface area contributed by atoms with E-state index in [0.29, 0.717) is 23.1 Å². The quantitative estimate of drug-likeness (QED) is 0.298. The molecule has 0 aliphatic heterocycles. The fourth-order valence-corrected chi connectivity index (χ4v) is 4.69. The van der Waals surface area contributed by atoms with Crippen LogP contribution in [0.4, 0.5) is 5.95 Å².